The highest BCUT2D eigenvalue weighted by molar-refractivity contribution is 6.01. The number of unbranched alkanes of at least 4 members (excludes halogenated alkanes) is 1. The number of hydrogen-bond acceptors (Lipinski definition) is 9. The Kier molecular flexibility index (Phi) is 10.7. The van der Waals surface area contributed by atoms with Crippen molar-refractivity contribution in [3.05, 3.63) is 41.5 Å². The average molecular weight is 463 g/mol. The first-order valence-corrected chi connectivity index (χ1v) is 11.2. The number of likely N-dealkylation sites (tertiary alicyclic amines) is 1. The quantitative estimate of drug-likeness (QED) is 0.0708. The van der Waals surface area contributed by atoms with Gasteiger partial charge >= 0.3 is 5.97 Å². The van der Waals surface area contributed by atoms with Crippen LogP contribution in [0.25, 0.3) is 0 Å². The van der Waals surface area contributed by atoms with E-state index < -0.39 is 29.4 Å². The lowest BCUT2D eigenvalue weighted by Gasteiger charge is -2.18. The van der Waals surface area contributed by atoms with Gasteiger partial charge in [0.25, 0.3) is 0 Å². The molecule has 2 rings (SSSR count). The highest BCUT2D eigenvalue weighted by Gasteiger charge is 2.25. The number of nitrogens with zero attached hydrogens (tertiary/aromatic N) is 2. The second-order valence-electron chi connectivity index (χ2n) is 7.74. The zero-order chi connectivity index (χ0) is 24.2. The molecule has 9 nitrogen and oxygen atoms in total. The summed E-state index contributed by atoms with van der Waals surface area (Å²) in [6.07, 6.45) is 9.51. The molecule has 1 aromatic rings. The minimum atomic E-state index is -0.799. The van der Waals surface area contributed by atoms with E-state index in [0.717, 1.165) is 31.9 Å². The first-order chi connectivity index (χ1) is 15.9. The predicted molar refractivity (Wildman–Crippen MR) is 124 cm³/mol. The third-order valence-electron chi connectivity index (χ3n) is 5.23. The molecule has 1 atom stereocenters. The molecule has 182 valence electrons. The number of allylic oxidation sites excluding steroid dienone is 4. The van der Waals surface area contributed by atoms with Crippen molar-refractivity contribution in [1.29, 1.82) is 0 Å². The zero-order valence-electron chi connectivity index (χ0n) is 19.2. The van der Waals surface area contributed by atoms with Crippen LogP contribution in [-0.4, -0.2) is 69.5 Å². The maximum Gasteiger partial charge on any atom is 0.342 e. The molecule has 1 aliphatic heterocycles. The van der Waals surface area contributed by atoms with Gasteiger partial charge in [0.15, 0.2) is 11.5 Å². The molecule has 9 heteroatoms. The molecule has 1 saturated heterocycles. The Bertz CT molecular complexity index is 880. The number of ether oxygens (including phenoxy) is 1. The number of rotatable bonds is 12. The molecule has 1 heterocycles. The van der Waals surface area contributed by atoms with Crippen LogP contribution >= 0.6 is 0 Å². The summed E-state index contributed by atoms with van der Waals surface area (Å²) in [6, 6.07) is 0.902. The lowest BCUT2D eigenvalue weighted by Crippen LogP contribution is -2.31. The Morgan fingerprint density at radius 2 is 2.03 bits per heavy atom. The Morgan fingerprint density at radius 1 is 1.24 bits per heavy atom. The lowest BCUT2D eigenvalue weighted by atomic mass is 9.98. The van der Waals surface area contributed by atoms with Crippen LogP contribution in [0.1, 0.15) is 55.5 Å². The van der Waals surface area contributed by atoms with Gasteiger partial charge < -0.3 is 30.0 Å². The second-order valence-corrected chi connectivity index (χ2v) is 7.74. The van der Waals surface area contributed by atoms with Gasteiger partial charge in [0.2, 0.25) is 0 Å². The van der Waals surface area contributed by atoms with Crippen LogP contribution in [0.15, 0.2) is 35.5 Å². The van der Waals surface area contributed by atoms with Crippen molar-refractivity contribution in [2.24, 2.45) is 5.16 Å². The monoisotopic (exact) mass is 462 g/mol. The van der Waals surface area contributed by atoms with E-state index in [1.165, 1.54) is 0 Å². The first-order valence-electron chi connectivity index (χ1n) is 11.2. The van der Waals surface area contributed by atoms with E-state index >= 15 is 0 Å². The number of benzene rings is 1. The number of carbonyl (C=O) groups excluding carboxylic acids is 1. The highest BCUT2D eigenvalue weighted by Crippen LogP contribution is 2.38. The van der Waals surface area contributed by atoms with Crippen LogP contribution < -0.4 is 0 Å². The molecule has 0 saturated carbocycles. The van der Waals surface area contributed by atoms with E-state index in [2.05, 4.69) is 5.16 Å². The molecule has 1 unspecified atom stereocenters. The molecular weight excluding hydrogens is 428 g/mol. The van der Waals surface area contributed by atoms with Crippen molar-refractivity contribution >= 4 is 11.7 Å². The number of aliphatic hydroxyl groups excluding tert-OH is 1. The van der Waals surface area contributed by atoms with Gasteiger partial charge in [-0.1, -0.05) is 36.7 Å². The fourth-order valence-electron chi connectivity index (χ4n) is 3.42. The van der Waals surface area contributed by atoms with E-state index in [-0.39, 0.29) is 30.8 Å². The number of aliphatic hydroxyl groups is 1. The number of hydrogen-bond donors (Lipinski definition) is 4. The van der Waals surface area contributed by atoms with Crippen molar-refractivity contribution in [2.45, 2.75) is 52.2 Å². The summed E-state index contributed by atoms with van der Waals surface area (Å²) in [5.74, 6) is -2.40. The van der Waals surface area contributed by atoms with Gasteiger partial charge in [-0.25, -0.2) is 4.79 Å². The maximum absolute atomic E-state index is 12.6. The Balaban J connectivity index is 2.24. The number of carbonyl (C=O) groups is 1. The molecule has 33 heavy (non-hydrogen) atoms. The molecule has 1 aliphatic rings. The predicted octanol–water partition coefficient (Wildman–Crippen LogP) is 3.22. The second kappa shape index (κ2) is 13.5. The summed E-state index contributed by atoms with van der Waals surface area (Å²) in [5.41, 5.74) is 0.100. The van der Waals surface area contributed by atoms with Crippen LogP contribution in [0.2, 0.25) is 0 Å². The standard InChI is InChI=1S/C24H34N2O7/c1-3-5-7-9-17(25-33-14-12-26-11-8-10-21(26)29)15-18-22(24(31)32-13-6-4-2)19(27)16-20(28)23(18)30/h3,5,7,9,16,21,27-30H,4,6,8,10-15H2,1-2H3. The summed E-state index contributed by atoms with van der Waals surface area (Å²) in [6.45, 7) is 5.51. The highest BCUT2D eigenvalue weighted by atomic mass is 16.6. The largest absolute Gasteiger partial charge is 0.507 e. The number of phenols is 3. The van der Waals surface area contributed by atoms with Gasteiger partial charge in [-0.15, -0.1) is 0 Å². The van der Waals surface area contributed by atoms with Crippen LogP contribution in [0.4, 0.5) is 0 Å². The molecule has 0 spiro atoms. The minimum Gasteiger partial charge on any atom is -0.507 e. The van der Waals surface area contributed by atoms with Gasteiger partial charge in [0.05, 0.1) is 12.3 Å². The fraction of sp³-hybridized carbons (Fsp3) is 0.500. The van der Waals surface area contributed by atoms with E-state index in [1.807, 2.05) is 24.8 Å². The van der Waals surface area contributed by atoms with Crippen LogP contribution in [0.5, 0.6) is 17.2 Å². The van der Waals surface area contributed by atoms with Crippen LogP contribution in [0, 0.1) is 0 Å². The third kappa shape index (κ3) is 7.80. The van der Waals surface area contributed by atoms with E-state index in [1.54, 1.807) is 18.2 Å². The molecule has 0 aliphatic carbocycles. The number of esters is 1. The summed E-state index contributed by atoms with van der Waals surface area (Å²) in [4.78, 5) is 19.9. The summed E-state index contributed by atoms with van der Waals surface area (Å²) in [7, 11) is 0. The van der Waals surface area contributed by atoms with Gasteiger partial charge in [0.1, 0.15) is 24.1 Å². The van der Waals surface area contributed by atoms with E-state index in [9.17, 15) is 25.2 Å². The molecule has 4 N–H and O–H groups in total. The summed E-state index contributed by atoms with van der Waals surface area (Å²) in [5, 5.41) is 44.7. The Hall–Kier alpha value is -3.04. The van der Waals surface area contributed by atoms with Crippen molar-refractivity contribution in [1.82, 2.24) is 4.90 Å². The van der Waals surface area contributed by atoms with E-state index in [4.69, 9.17) is 9.57 Å². The smallest absolute Gasteiger partial charge is 0.342 e. The van der Waals surface area contributed by atoms with Gasteiger partial charge in [0, 0.05) is 31.1 Å². The van der Waals surface area contributed by atoms with Crippen LogP contribution in [0.3, 0.4) is 0 Å². The zero-order valence-corrected chi connectivity index (χ0v) is 19.2. The summed E-state index contributed by atoms with van der Waals surface area (Å²) < 4.78 is 5.21. The average Bonchev–Trinajstić information content (AvgIpc) is 3.19. The van der Waals surface area contributed by atoms with Crippen molar-refractivity contribution in [3.63, 3.8) is 0 Å². The SMILES string of the molecule is CC=CC=CC(Cc1c(O)c(O)cc(O)c1C(=O)OCCCC)=NOCCN1CCCC1O. The lowest BCUT2D eigenvalue weighted by molar-refractivity contribution is 0.0155. The third-order valence-corrected chi connectivity index (χ3v) is 5.23. The molecule has 0 bridgehead atoms. The first kappa shape index (κ1) is 26.2. The topological polar surface area (TPSA) is 132 Å². The molecule has 0 radical (unpaired) electrons. The fourth-order valence-corrected chi connectivity index (χ4v) is 3.42. The van der Waals surface area contributed by atoms with Crippen molar-refractivity contribution < 1.29 is 34.8 Å². The van der Waals surface area contributed by atoms with Crippen molar-refractivity contribution in [3.8, 4) is 17.2 Å². The normalized spacial score (nSPS) is 17.3. The van der Waals surface area contributed by atoms with E-state index in [0.29, 0.717) is 18.7 Å². The Morgan fingerprint density at radius 3 is 2.70 bits per heavy atom. The van der Waals surface area contributed by atoms with Gasteiger partial charge in [-0.05, 0) is 32.3 Å². The minimum absolute atomic E-state index is 0.0172. The molecule has 1 aromatic carbocycles. The molecule has 0 aromatic heterocycles. The van der Waals surface area contributed by atoms with Crippen LogP contribution in [-0.2, 0) is 16.0 Å². The summed E-state index contributed by atoms with van der Waals surface area (Å²) >= 11 is 0. The Labute approximate surface area is 194 Å². The van der Waals surface area contributed by atoms with Crippen molar-refractivity contribution in [2.75, 3.05) is 26.3 Å². The molecule has 1 fully saturated rings. The number of aromatic hydroxyl groups is 3. The molecule has 0 amide bonds. The van der Waals surface area contributed by atoms with Gasteiger partial charge in [-0.3, -0.25) is 4.90 Å². The maximum atomic E-state index is 12.6. The number of phenolic OH excluding ortho intramolecular Hbond substituents is 3. The van der Waals surface area contributed by atoms with Gasteiger partial charge in [-0.2, -0.15) is 0 Å². The number of oxime groups is 1. The molecular formula is C24H34N2O7.